The molecule has 0 saturated carbocycles. The van der Waals surface area contributed by atoms with Gasteiger partial charge >= 0.3 is 12.1 Å². The second-order valence-corrected chi connectivity index (χ2v) is 5.72. The van der Waals surface area contributed by atoms with E-state index in [4.69, 9.17) is 19.9 Å². The Labute approximate surface area is 158 Å². The van der Waals surface area contributed by atoms with Crippen LogP contribution in [0.25, 0.3) is 0 Å². The molecular formula is C20H24N2O5. The third-order valence-corrected chi connectivity index (χ3v) is 3.56. The highest BCUT2D eigenvalue weighted by atomic mass is 16.6. The lowest BCUT2D eigenvalue weighted by Gasteiger charge is -2.17. The molecule has 0 aliphatic heterocycles. The molecule has 3 N–H and O–H groups in total. The summed E-state index contributed by atoms with van der Waals surface area (Å²) in [4.78, 5) is 24.3. The molecular weight excluding hydrogens is 348 g/mol. The summed E-state index contributed by atoms with van der Waals surface area (Å²) in [6, 6.07) is 17.5. The van der Waals surface area contributed by atoms with Gasteiger partial charge in [0.05, 0.1) is 13.2 Å². The van der Waals surface area contributed by atoms with Gasteiger partial charge in [-0.3, -0.25) is 0 Å². The lowest BCUT2D eigenvalue weighted by Crippen LogP contribution is -2.45. The molecule has 0 bridgehead atoms. The van der Waals surface area contributed by atoms with Gasteiger partial charge in [-0.1, -0.05) is 60.7 Å². The van der Waals surface area contributed by atoms with Crippen LogP contribution in [0.1, 0.15) is 11.1 Å². The van der Waals surface area contributed by atoms with Gasteiger partial charge in [0.15, 0.2) is 6.04 Å². The number of alkyl carbamates (subject to hydrolysis) is 1. The fourth-order valence-electron chi connectivity index (χ4n) is 2.19. The van der Waals surface area contributed by atoms with E-state index in [2.05, 4.69) is 5.32 Å². The van der Waals surface area contributed by atoms with Gasteiger partial charge in [-0.2, -0.15) is 0 Å². The van der Waals surface area contributed by atoms with Crippen LogP contribution in [0.3, 0.4) is 0 Å². The van der Waals surface area contributed by atoms with Gasteiger partial charge in [-0.25, -0.2) is 9.59 Å². The molecule has 1 atom stereocenters. The molecule has 2 rings (SSSR count). The SMILES string of the molecule is NCCOC[C@H](NC(=O)OCc1ccccc1)C(=O)OCc1ccccc1. The first kappa shape index (κ1) is 20.4. The number of hydrogen-bond donors (Lipinski definition) is 2. The zero-order valence-corrected chi connectivity index (χ0v) is 15.0. The van der Waals surface area contributed by atoms with Crippen LogP contribution in [-0.4, -0.2) is 37.9 Å². The topological polar surface area (TPSA) is 99.9 Å². The minimum Gasteiger partial charge on any atom is -0.459 e. The van der Waals surface area contributed by atoms with Crippen molar-refractivity contribution in [3.8, 4) is 0 Å². The first-order valence-electron chi connectivity index (χ1n) is 8.64. The van der Waals surface area contributed by atoms with Gasteiger partial charge in [0.1, 0.15) is 13.2 Å². The zero-order valence-electron chi connectivity index (χ0n) is 15.0. The number of hydrogen-bond acceptors (Lipinski definition) is 6. The number of esters is 1. The monoisotopic (exact) mass is 372 g/mol. The summed E-state index contributed by atoms with van der Waals surface area (Å²) in [7, 11) is 0. The summed E-state index contributed by atoms with van der Waals surface area (Å²) in [5, 5.41) is 2.48. The number of rotatable bonds is 10. The number of benzene rings is 2. The molecule has 0 aliphatic carbocycles. The summed E-state index contributed by atoms with van der Waals surface area (Å²) in [5.74, 6) is -0.604. The highest BCUT2D eigenvalue weighted by molar-refractivity contribution is 5.81. The molecule has 0 spiro atoms. The van der Waals surface area contributed by atoms with E-state index in [1.54, 1.807) is 0 Å². The lowest BCUT2D eigenvalue weighted by atomic mass is 10.2. The number of nitrogens with one attached hydrogen (secondary N) is 1. The summed E-state index contributed by atoms with van der Waals surface area (Å²) in [6.07, 6.45) is -0.725. The summed E-state index contributed by atoms with van der Waals surface area (Å²) in [6.45, 7) is 0.731. The van der Waals surface area contributed by atoms with E-state index < -0.39 is 18.1 Å². The Morgan fingerprint density at radius 3 is 2.00 bits per heavy atom. The second kappa shape index (κ2) is 11.7. The smallest absolute Gasteiger partial charge is 0.408 e. The maximum atomic E-state index is 12.3. The first-order chi connectivity index (χ1) is 13.2. The normalized spacial score (nSPS) is 11.4. The molecule has 0 heterocycles. The van der Waals surface area contributed by atoms with Crippen LogP contribution >= 0.6 is 0 Å². The van der Waals surface area contributed by atoms with Gasteiger partial charge in [-0.15, -0.1) is 0 Å². The summed E-state index contributed by atoms with van der Waals surface area (Å²) in [5.41, 5.74) is 7.07. The van der Waals surface area contributed by atoms with Crippen LogP contribution in [-0.2, 0) is 32.2 Å². The van der Waals surface area contributed by atoms with Crippen molar-refractivity contribution in [3.63, 3.8) is 0 Å². The minimum atomic E-state index is -0.983. The Hall–Kier alpha value is -2.90. The molecule has 0 radical (unpaired) electrons. The van der Waals surface area contributed by atoms with E-state index in [0.29, 0.717) is 6.54 Å². The third-order valence-electron chi connectivity index (χ3n) is 3.56. The second-order valence-electron chi connectivity index (χ2n) is 5.72. The van der Waals surface area contributed by atoms with Crippen LogP contribution in [0, 0.1) is 0 Å². The van der Waals surface area contributed by atoms with Crippen molar-refractivity contribution < 1.29 is 23.8 Å². The molecule has 2 aromatic rings. The zero-order chi connectivity index (χ0) is 19.3. The standard InChI is InChI=1S/C20H24N2O5/c21-11-12-25-15-18(19(23)26-13-16-7-3-1-4-8-16)22-20(24)27-14-17-9-5-2-6-10-17/h1-10,18H,11-15,21H2,(H,22,24)/t18-/m0/s1. The Bertz CT molecular complexity index is 694. The molecule has 7 heteroatoms. The fraction of sp³-hybridized carbons (Fsp3) is 0.300. The molecule has 7 nitrogen and oxygen atoms in total. The molecule has 1 amide bonds. The Kier molecular flexibility index (Phi) is 8.82. The highest BCUT2D eigenvalue weighted by Crippen LogP contribution is 2.04. The quantitative estimate of drug-likeness (QED) is 0.489. The van der Waals surface area contributed by atoms with Gasteiger partial charge in [0.25, 0.3) is 0 Å². The van der Waals surface area contributed by atoms with Crippen molar-refractivity contribution in [1.82, 2.24) is 5.32 Å². The number of ether oxygens (including phenoxy) is 3. The van der Waals surface area contributed by atoms with Crippen molar-refractivity contribution in [2.24, 2.45) is 5.73 Å². The van der Waals surface area contributed by atoms with E-state index >= 15 is 0 Å². The highest BCUT2D eigenvalue weighted by Gasteiger charge is 2.23. The average molecular weight is 372 g/mol. The maximum Gasteiger partial charge on any atom is 0.408 e. The lowest BCUT2D eigenvalue weighted by molar-refractivity contribution is -0.149. The first-order valence-corrected chi connectivity index (χ1v) is 8.64. The Balaban J connectivity index is 1.85. The van der Waals surface area contributed by atoms with E-state index in [1.807, 2.05) is 60.7 Å². The predicted octanol–water partition coefficient (Wildman–Crippen LogP) is 2.00. The van der Waals surface area contributed by atoms with Gasteiger partial charge in [-0.05, 0) is 11.1 Å². The van der Waals surface area contributed by atoms with Crippen molar-refractivity contribution in [3.05, 3.63) is 71.8 Å². The fourth-order valence-corrected chi connectivity index (χ4v) is 2.19. The van der Waals surface area contributed by atoms with Crippen molar-refractivity contribution in [2.45, 2.75) is 19.3 Å². The predicted molar refractivity (Wildman–Crippen MR) is 99.7 cm³/mol. The van der Waals surface area contributed by atoms with Crippen molar-refractivity contribution >= 4 is 12.1 Å². The van der Waals surface area contributed by atoms with Gasteiger partial charge in [0.2, 0.25) is 0 Å². The molecule has 2 aromatic carbocycles. The van der Waals surface area contributed by atoms with E-state index in [-0.39, 0.29) is 26.4 Å². The van der Waals surface area contributed by atoms with Crippen LogP contribution in [0.4, 0.5) is 4.79 Å². The molecule has 0 saturated heterocycles. The number of carbonyl (C=O) groups is 2. The maximum absolute atomic E-state index is 12.3. The van der Waals surface area contributed by atoms with E-state index in [1.165, 1.54) is 0 Å². The summed E-state index contributed by atoms with van der Waals surface area (Å²) < 4.78 is 15.7. The van der Waals surface area contributed by atoms with Crippen molar-refractivity contribution in [1.29, 1.82) is 0 Å². The largest absolute Gasteiger partial charge is 0.459 e. The van der Waals surface area contributed by atoms with Crippen LogP contribution < -0.4 is 11.1 Å². The van der Waals surface area contributed by atoms with E-state index in [9.17, 15) is 9.59 Å². The van der Waals surface area contributed by atoms with Gasteiger partial charge < -0.3 is 25.3 Å². The van der Waals surface area contributed by atoms with Gasteiger partial charge in [0, 0.05) is 6.54 Å². The molecule has 0 aromatic heterocycles. The van der Waals surface area contributed by atoms with Crippen LogP contribution in [0.15, 0.2) is 60.7 Å². The van der Waals surface area contributed by atoms with Crippen LogP contribution in [0.2, 0.25) is 0 Å². The number of amides is 1. The molecule has 144 valence electrons. The average Bonchev–Trinajstić information content (AvgIpc) is 2.71. The molecule has 0 fully saturated rings. The third kappa shape index (κ3) is 7.89. The number of nitrogens with two attached hydrogens (primary N) is 1. The summed E-state index contributed by atoms with van der Waals surface area (Å²) >= 11 is 0. The van der Waals surface area contributed by atoms with E-state index in [0.717, 1.165) is 11.1 Å². The Morgan fingerprint density at radius 1 is 0.889 bits per heavy atom. The Morgan fingerprint density at radius 2 is 1.44 bits per heavy atom. The molecule has 0 aliphatic rings. The minimum absolute atomic E-state index is 0.0503. The molecule has 27 heavy (non-hydrogen) atoms. The number of carbonyl (C=O) groups excluding carboxylic acids is 2. The van der Waals surface area contributed by atoms with Crippen LogP contribution in [0.5, 0.6) is 0 Å². The van der Waals surface area contributed by atoms with Crippen molar-refractivity contribution in [2.75, 3.05) is 19.8 Å². The molecule has 0 unspecified atom stereocenters.